The highest BCUT2D eigenvalue weighted by atomic mass is 79.9. The Morgan fingerprint density at radius 2 is 2.32 bits per heavy atom. The van der Waals surface area contributed by atoms with Crippen LogP contribution in [0.1, 0.15) is 45.3 Å². The standard InChI is InChI=1S/C18H14BrFN2O2S/c1-24-18(23)17-15(20)13(8-25-17)10-5-14(21-6-10)12-3-2-9-4-11(19)7-22-16(9)12/h4,6-8,12H,2-3,5H2,1H3. The molecule has 1 aliphatic heterocycles. The van der Waals surface area contributed by atoms with Crippen molar-refractivity contribution in [2.24, 2.45) is 4.99 Å². The summed E-state index contributed by atoms with van der Waals surface area (Å²) < 4.78 is 20.1. The molecule has 2 aliphatic rings. The zero-order chi connectivity index (χ0) is 17.6. The van der Waals surface area contributed by atoms with E-state index < -0.39 is 11.8 Å². The molecule has 0 radical (unpaired) electrons. The molecular weight excluding hydrogens is 407 g/mol. The SMILES string of the molecule is COC(=O)c1scc(C2=CN=C(C3CCc4cc(Br)cnc43)C2)c1F. The molecule has 4 rings (SSSR count). The van der Waals surface area contributed by atoms with Crippen molar-refractivity contribution >= 4 is 44.5 Å². The molecule has 0 fully saturated rings. The Bertz CT molecular complexity index is 935. The lowest BCUT2D eigenvalue weighted by Crippen LogP contribution is -2.09. The lowest BCUT2D eigenvalue weighted by atomic mass is 9.94. The van der Waals surface area contributed by atoms with Crippen LogP contribution in [0.3, 0.4) is 0 Å². The molecule has 0 N–H and O–H groups in total. The second kappa shape index (κ2) is 6.46. The third-order valence-corrected chi connectivity index (χ3v) is 5.98. The fourth-order valence-electron chi connectivity index (χ4n) is 3.38. The number of nitrogens with zero attached hydrogens (tertiary/aromatic N) is 2. The number of halogens is 2. The number of methoxy groups -OCH3 is 1. The molecule has 2 aromatic rings. The van der Waals surface area contributed by atoms with Gasteiger partial charge in [-0.15, -0.1) is 11.3 Å². The number of carbonyl (C=O) groups excluding carboxylic acids is 1. The Hall–Kier alpha value is -1.86. The Morgan fingerprint density at radius 3 is 3.12 bits per heavy atom. The highest BCUT2D eigenvalue weighted by Crippen LogP contribution is 2.39. The third kappa shape index (κ3) is 2.85. The van der Waals surface area contributed by atoms with E-state index in [0.29, 0.717) is 12.0 Å². The summed E-state index contributed by atoms with van der Waals surface area (Å²) in [6, 6.07) is 2.10. The lowest BCUT2D eigenvalue weighted by Gasteiger charge is -2.11. The van der Waals surface area contributed by atoms with Gasteiger partial charge in [0.25, 0.3) is 0 Å². The number of aryl methyl sites for hydroxylation is 1. The van der Waals surface area contributed by atoms with E-state index >= 15 is 0 Å². The number of esters is 1. The van der Waals surface area contributed by atoms with Crippen LogP contribution in [0, 0.1) is 5.82 Å². The van der Waals surface area contributed by atoms with Crippen LogP contribution in [-0.2, 0) is 11.2 Å². The van der Waals surface area contributed by atoms with Gasteiger partial charge in [0.1, 0.15) is 4.88 Å². The minimum absolute atomic E-state index is 0.00424. The van der Waals surface area contributed by atoms with Crippen molar-refractivity contribution in [2.45, 2.75) is 25.2 Å². The van der Waals surface area contributed by atoms with E-state index in [1.54, 1.807) is 11.6 Å². The Morgan fingerprint density at radius 1 is 1.48 bits per heavy atom. The molecule has 0 spiro atoms. The number of rotatable bonds is 3. The molecule has 128 valence electrons. The third-order valence-electron chi connectivity index (χ3n) is 4.61. The summed E-state index contributed by atoms with van der Waals surface area (Å²) in [5, 5.41) is 1.66. The monoisotopic (exact) mass is 420 g/mol. The minimum Gasteiger partial charge on any atom is -0.465 e. The normalized spacial score (nSPS) is 18.8. The second-order valence-corrected chi connectivity index (χ2v) is 7.82. The van der Waals surface area contributed by atoms with Crippen molar-refractivity contribution in [3.63, 3.8) is 0 Å². The average Bonchev–Trinajstić information content (AvgIpc) is 3.31. The van der Waals surface area contributed by atoms with Crippen molar-refractivity contribution in [3.8, 4) is 0 Å². The first kappa shape index (κ1) is 16.6. The van der Waals surface area contributed by atoms with Gasteiger partial charge >= 0.3 is 5.97 Å². The summed E-state index contributed by atoms with van der Waals surface area (Å²) in [5.41, 5.74) is 4.55. The van der Waals surface area contributed by atoms with E-state index in [2.05, 4.69) is 36.7 Å². The van der Waals surface area contributed by atoms with Crippen LogP contribution in [0.4, 0.5) is 4.39 Å². The Kier molecular flexibility index (Phi) is 4.29. The molecule has 1 aliphatic carbocycles. The maximum atomic E-state index is 14.5. The maximum Gasteiger partial charge on any atom is 0.351 e. The quantitative estimate of drug-likeness (QED) is 0.673. The van der Waals surface area contributed by atoms with E-state index in [1.165, 1.54) is 12.7 Å². The number of hydrogen-bond donors (Lipinski definition) is 0. The van der Waals surface area contributed by atoms with Crippen LogP contribution < -0.4 is 0 Å². The van der Waals surface area contributed by atoms with Crippen LogP contribution in [0.5, 0.6) is 0 Å². The first-order valence-electron chi connectivity index (χ1n) is 7.84. The maximum absolute atomic E-state index is 14.5. The molecule has 1 atom stereocenters. The number of hydrogen-bond acceptors (Lipinski definition) is 5. The largest absolute Gasteiger partial charge is 0.465 e. The van der Waals surface area contributed by atoms with Crippen LogP contribution >= 0.6 is 27.3 Å². The summed E-state index contributed by atoms with van der Waals surface area (Å²) in [6.45, 7) is 0. The number of aromatic nitrogens is 1. The average molecular weight is 421 g/mol. The van der Waals surface area contributed by atoms with Gasteiger partial charge in [0.15, 0.2) is 5.82 Å². The van der Waals surface area contributed by atoms with Crippen molar-refractivity contribution in [2.75, 3.05) is 7.11 Å². The number of aliphatic imine (C=N–C) groups is 1. The summed E-state index contributed by atoms with van der Waals surface area (Å²) in [4.78, 5) is 20.7. The smallest absolute Gasteiger partial charge is 0.351 e. The van der Waals surface area contributed by atoms with Gasteiger partial charge in [-0.05, 0) is 46.0 Å². The van der Waals surface area contributed by atoms with Gasteiger partial charge in [0, 0.05) is 45.9 Å². The molecule has 0 bridgehead atoms. The fraction of sp³-hybridized carbons (Fsp3) is 0.278. The van der Waals surface area contributed by atoms with Crippen molar-refractivity contribution in [3.05, 3.63) is 55.8 Å². The van der Waals surface area contributed by atoms with Crippen LogP contribution in [-0.4, -0.2) is 23.8 Å². The summed E-state index contributed by atoms with van der Waals surface area (Å²) in [7, 11) is 1.25. The van der Waals surface area contributed by atoms with Crippen LogP contribution in [0.25, 0.3) is 5.57 Å². The molecule has 1 unspecified atom stereocenters. The van der Waals surface area contributed by atoms with Gasteiger partial charge in [0.2, 0.25) is 0 Å². The first-order valence-corrected chi connectivity index (χ1v) is 9.51. The Balaban J connectivity index is 1.55. The number of fused-ring (bicyclic) bond motifs is 1. The summed E-state index contributed by atoms with van der Waals surface area (Å²) in [5.74, 6) is -0.986. The van der Waals surface area contributed by atoms with Gasteiger partial charge < -0.3 is 4.74 Å². The zero-order valence-electron chi connectivity index (χ0n) is 13.4. The summed E-state index contributed by atoms with van der Waals surface area (Å²) >= 11 is 4.52. The highest BCUT2D eigenvalue weighted by molar-refractivity contribution is 9.10. The molecule has 0 amide bonds. The molecular formula is C18H14BrFN2O2S. The predicted octanol–water partition coefficient (Wildman–Crippen LogP) is 4.75. The molecule has 0 aromatic carbocycles. The molecule has 2 aromatic heterocycles. The van der Waals surface area contributed by atoms with Gasteiger partial charge in [-0.2, -0.15) is 0 Å². The van der Waals surface area contributed by atoms with Crippen molar-refractivity contribution in [1.82, 2.24) is 4.98 Å². The molecule has 0 saturated carbocycles. The second-order valence-electron chi connectivity index (χ2n) is 6.02. The number of allylic oxidation sites excluding steroid dienone is 1. The first-order chi connectivity index (χ1) is 12.1. The van der Waals surface area contributed by atoms with Crippen molar-refractivity contribution in [1.29, 1.82) is 0 Å². The Labute approximate surface area is 156 Å². The van der Waals surface area contributed by atoms with E-state index in [-0.39, 0.29) is 10.8 Å². The van der Waals surface area contributed by atoms with E-state index in [0.717, 1.165) is 45.6 Å². The summed E-state index contributed by atoms with van der Waals surface area (Å²) in [6.07, 6.45) is 6.04. The van der Waals surface area contributed by atoms with Crippen LogP contribution in [0.2, 0.25) is 0 Å². The predicted molar refractivity (Wildman–Crippen MR) is 98.6 cm³/mol. The van der Waals surface area contributed by atoms with Crippen molar-refractivity contribution < 1.29 is 13.9 Å². The highest BCUT2D eigenvalue weighted by Gasteiger charge is 2.31. The number of pyridine rings is 1. The topological polar surface area (TPSA) is 51.5 Å². The number of thiophene rings is 1. The van der Waals surface area contributed by atoms with E-state index in [1.807, 2.05) is 6.20 Å². The molecule has 0 saturated heterocycles. The van der Waals surface area contributed by atoms with E-state index in [4.69, 9.17) is 0 Å². The van der Waals surface area contributed by atoms with Gasteiger partial charge in [-0.1, -0.05) is 0 Å². The van der Waals surface area contributed by atoms with Gasteiger partial charge in [0.05, 0.1) is 12.8 Å². The fourth-order valence-corrected chi connectivity index (χ4v) is 4.64. The minimum atomic E-state index is -0.645. The molecule has 4 nitrogen and oxygen atoms in total. The number of ether oxygens (including phenoxy) is 1. The zero-order valence-corrected chi connectivity index (χ0v) is 15.8. The number of carbonyl (C=O) groups is 1. The van der Waals surface area contributed by atoms with Gasteiger partial charge in [-0.25, -0.2) is 9.18 Å². The molecule has 7 heteroatoms. The molecule has 3 heterocycles. The van der Waals surface area contributed by atoms with Crippen LogP contribution in [0.15, 0.2) is 33.3 Å². The lowest BCUT2D eigenvalue weighted by molar-refractivity contribution is 0.0601. The van der Waals surface area contributed by atoms with E-state index in [9.17, 15) is 9.18 Å². The molecule has 25 heavy (non-hydrogen) atoms. The van der Waals surface area contributed by atoms with Gasteiger partial charge in [-0.3, -0.25) is 9.98 Å².